The number of rotatable bonds is 9. The number of benzene rings is 2. The molecule has 0 spiro atoms. The number of hydrogen-bond donors (Lipinski definition) is 5. The van der Waals surface area contributed by atoms with Gasteiger partial charge in [-0.2, -0.15) is 5.10 Å². The molecular formula is C31H39N9O4. The van der Waals surface area contributed by atoms with Crippen LogP contribution in [-0.2, 0) is 14.4 Å². The number of aromatic nitrogens is 4. The Morgan fingerprint density at radius 1 is 1.14 bits per heavy atom. The van der Waals surface area contributed by atoms with E-state index in [2.05, 4.69) is 41.4 Å². The largest absolute Gasteiger partial charge is 0.494 e. The number of hydrogen-bond acceptors (Lipinski definition) is 9. The number of methoxy groups -OCH3 is 1. The molecular weight excluding hydrogens is 562 g/mol. The second kappa shape index (κ2) is 12.4. The Kier molecular flexibility index (Phi) is 8.68. The third kappa shape index (κ3) is 6.27. The molecule has 1 aliphatic rings. The number of likely N-dealkylation sites (tertiary alicyclic amines) is 1. The minimum absolute atomic E-state index is 0.279. The molecule has 2 aromatic heterocycles. The zero-order valence-electron chi connectivity index (χ0n) is 25.8. The number of fused-ring (bicyclic) bond motifs is 2. The molecule has 3 amide bonds. The van der Waals surface area contributed by atoms with Gasteiger partial charge in [-0.25, -0.2) is 9.97 Å². The number of nitrogens with zero attached hydrogens (tertiary/aromatic N) is 4. The molecule has 0 saturated carbocycles. The number of aromatic amines is 1. The molecule has 3 atom stereocenters. The molecule has 1 saturated heterocycles. The molecule has 232 valence electrons. The van der Waals surface area contributed by atoms with Crippen LogP contribution in [0.5, 0.6) is 5.75 Å². The van der Waals surface area contributed by atoms with Gasteiger partial charge in [-0.3, -0.25) is 19.5 Å². The van der Waals surface area contributed by atoms with Crippen LogP contribution in [0.15, 0.2) is 42.9 Å². The molecule has 13 heteroatoms. The standard InChI is InChI=1S/C31H39N9O4/c1-17(32-5)28(41)38-26(31(2,3)4)30(43)40-11-7-8-24(40)29(42)37-23-13-20-22(14-25(23)44-6)33-16-34-27(20)36-19-9-10-21-18(12-19)15-35-39-21/h9-10,12-17,24,26,32H,7-8,11H2,1-6H3,(H,35,39)(H,37,42)(H,38,41)(H,33,34,36)/t17-,24?,26+/m0/s1. The second-order valence-electron chi connectivity index (χ2n) is 12.1. The Morgan fingerprint density at radius 2 is 1.93 bits per heavy atom. The summed E-state index contributed by atoms with van der Waals surface area (Å²) in [7, 11) is 3.21. The average molecular weight is 602 g/mol. The summed E-state index contributed by atoms with van der Waals surface area (Å²) in [6.07, 6.45) is 4.37. The van der Waals surface area contributed by atoms with E-state index in [1.54, 1.807) is 37.2 Å². The van der Waals surface area contributed by atoms with Crippen molar-refractivity contribution in [1.29, 1.82) is 0 Å². The van der Waals surface area contributed by atoms with E-state index in [0.29, 0.717) is 47.5 Å². The van der Waals surface area contributed by atoms with Gasteiger partial charge in [0.25, 0.3) is 0 Å². The van der Waals surface area contributed by atoms with Crippen molar-refractivity contribution in [1.82, 2.24) is 35.7 Å². The van der Waals surface area contributed by atoms with E-state index in [1.807, 2.05) is 39.0 Å². The fourth-order valence-corrected chi connectivity index (χ4v) is 5.34. The van der Waals surface area contributed by atoms with Gasteiger partial charge in [-0.15, -0.1) is 0 Å². The first-order valence-electron chi connectivity index (χ1n) is 14.6. The quantitative estimate of drug-likeness (QED) is 0.193. The van der Waals surface area contributed by atoms with Crippen LogP contribution in [0, 0.1) is 5.41 Å². The van der Waals surface area contributed by atoms with Crippen molar-refractivity contribution in [3.05, 3.63) is 42.9 Å². The molecule has 0 bridgehead atoms. The van der Waals surface area contributed by atoms with Crippen molar-refractivity contribution in [3.63, 3.8) is 0 Å². The fourth-order valence-electron chi connectivity index (χ4n) is 5.34. The highest BCUT2D eigenvalue weighted by atomic mass is 16.5. The first-order valence-corrected chi connectivity index (χ1v) is 14.6. The summed E-state index contributed by atoms with van der Waals surface area (Å²) >= 11 is 0. The number of amides is 3. The van der Waals surface area contributed by atoms with Crippen LogP contribution in [0.1, 0.15) is 40.5 Å². The number of H-pyrrole nitrogens is 1. The van der Waals surface area contributed by atoms with Crippen LogP contribution in [0.3, 0.4) is 0 Å². The van der Waals surface area contributed by atoms with E-state index in [0.717, 1.165) is 16.6 Å². The molecule has 3 heterocycles. The summed E-state index contributed by atoms with van der Waals surface area (Å²) < 4.78 is 5.61. The summed E-state index contributed by atoms with van der Waals surface area (Å²) in [5.41, 5.74) is 2.21. The Balaban J connectivity index is 1.40. The van der Waals surface area contributed by atoms with Crippen molar-refractivity contribution >= 4 is 56.7 Å². The van der Waals surface area contributed by atoms with E-state index >= 15 is 0 Å². The fraction of sp³-hybridized carbons (Fsp3) is 0.419. The Morgan fingerprint density at radius 3 is 2.66 bits per heavy atom. The van der Waals surface area contributed by atoms with Crippen molar-refractivity contribution in [2.45, 2.75) is 58.7 Å². The van der Waals surface area contributed by atoms with Gasteiger partial charge < -0.3 is 30.9 Å². The van der Waals surface area contributed by atoms with Gasteiger partial charge in [0.1, 0.15) is 30.0 Å². The van der Waals surface area contributed by atoms with Crippen molar-refractivity contribution in [2.75, 3.05) is 31.3 Å². The van der Waals surface area contributed by atoms with Crippen molar-refractivity contribution < 1.29 is 19.1 Å². The molecule has 5 rings (SSSR count). The van der Waals surface area contributed by atoms with Crippen LogP contribution in [0.4, 0.5) is 17.2 Å². The number of anilines is 3. The highest BCUT2D eigenvalue weighted by Crippen LogP contribution is 2.34. The molecule has 13 nitrogen and oxygen atoms in total. The molecule has 2 aromatic carbocycles. The topological polar surface area (TPSA) is 166 Å². The number of carbonyl (C=O) groups excluding carboxylic acids is 3. The summed E-state index contributed by atoms with van der Waals surface area (Å²) in [5, 5.41) is 20.8. The number of likely N-dealkylation sites (N-methyl/N-ethyl adjacent to an activating group) is 1. The minimum Gasteiger partial charge on any atom is -0.494 e. The summed E-state index contributed by atoms with van der Waals surface area (Å²) in [4.78, 5) is 50.7. The maximum Gasteiger partial charge on any atom is 0.247 e. The van der Waals surface area contributed by atoms with Crippen LogP contribution < -0.4 is 26.0 Å². The monoisotopic (exact) mass is 601 g/mol. The molecule has 1 aliphatic heterocycles. The van der Waals surface area contributed by atoms with Crippen molar-refractivity contribution in [2.24, 2.45) is 5.41 Å². The van der Waals surface area contributed by atoms with E-state index in [9.17, 15) is 14.4 Å². The van der Waals surface area contributed by atoms with Gasteiger partial charge in [0.2, 0.25) is 17.7 Å². The maximum absolute atomic E-state index is 13.8. The third-order valence-electron chi connectivity index (χ3n) is 7.98. The number of carbonyl (C=O) groups is 3. The number of nitrogens with one attached hydrogen (secondary N) is 5. The smallest absolute Gasteiger partial charge is 0.247 e. The molecule has 0 radical (unpaired) electrons. The van der Waals surface area contributed by atoms with E-state index in [-0.39, 0.29) is 17.7 Å². The predicted octanol–water partition coefficient (Wildman–Crippen LogP) is 3.33. The zero-order chi connectivity index (χ0) is 31.6. The normalized spacial score (nSPS) is 16.5. The molecule has 0 aliphatic carbocycles. The molecule has 1 unspecified atom stereocenters. The minimum atomic E-state index is -0.804. The first-order chi connectivity index (χ1) is 21.0. The summed E-state index contributed by atoms with van der Waals surface area (Å²) in [6, 6.07) is 7.32. The second-order valence-corrected chi connectivity index (χ2v) is 12.1. The Hall–Kier alpha value is -4.78. The number of ether oxygens (including phenoxy) is 1. The van der Waals surface area contributed by atoms with Gasteiger partial charge in [0.15, 0.2) is 0 Å². The average Bonchev–Trinajstić information content (AvgIpc) is 3.68. The maximum atomic E-state index is 13.8. The van der Waals surface area contributed by atoms with Crippen molar-refractivity contribution in [3.8, 4) is 5.75 Å². The highest BCUT2D eigenvalue weighted by Gasteiger charge is 2.42. The summed E-state index contributed by atoms with van der Waals surface area (Å²) in [5.74, 6) is 0.0677. The molecule has 4 aromatic rings. The first kappa shape index (κ1) is 30.7. The Labute approximate surface area is 255 Å². The van der Waals surface area contributed by atoms with E-state index in [4.69, 9.17) is 4.74 Å². The van der Waals surface area contributed by atoms with Gasteiger partial charge in [-0.1, -0.05) is 20.8 Å². The lowest BCUT2D eigenvalue weighted by Gasteiger charge is -2.36. The summed E-state index contributed by atoms with van der Waals surface area (Å²) in [6.45, 7) is 7.83. The van der Waals surface area contributed by atoms with Crippen LogP contribution in [0.25, 0.3) is 21.8 Å². The lowest BCUT2D eigenvalue weighted by molar-refractivity contribution is -0.143. The van der Waals surface area contributed by atoms with Crippen LogP contribution >= 0.6 is 0 Å². The van der Waals surface area contributed by atoms with Gasteiger partial charge in [-0.05, 0) is 56.5 Å². The molecule has 1 fully saturated rings. The lowest BCUT2D eigenvalue weighted by atomic mass is 9.85. The van der Waals surface area contributed by atoms with E-state index in [1.165, 1.54) is 13.4 Å². The van der Waals surface area contributed by atoms with Gasteiger partial charge >= 0.3 is 0 Å². The van der Waals surface area contributed by atoms with Crippen LogP contribution in [0.2, 0.25) is 0 Å². The van der Waals surface area contributed by atoms with Crippen LogP contribution in [-0.4, -0.2) is 81.6 Å². The van der Waals surface area contributed by atoms with Gasteiger partial charge in [0, 0.05) is 29.1 Å². The highest BCUT2D eigenvalue weighted by molar-refractivity contribution is 6.03. The SMILES string of the molecule is CN[C@@H](C)C(=O)N[C@H](C(=O)N1CCCC1C(=O)Nc1cc2c(Nc3ccc4[nH]ncc4c3)ncnc2cc1OC)C(C)(C)C. The third-order valence-corrected chi connectivity index (χ3v) is 7.98. The Bertz CT molecular complexity index is 1700. The van der Waals surface area contributed by atoms with Gasteiger partial charge in [0.05, 0.1) is 36.1 Å². The lowest BCUT2D eigenvalue weighted by Crippen LogP contribution is -2.59. The predicted molar refractivity (Wildman–Crippen MR) is 169 cm³/mol. The zero-order valence-corrected chi connectivity index (χ0v) is 25.8. The molecule has 5 N–H and O–H groups in total. The van der Waals surface area contributed by atoms with E-state index < -0.39 is 23.5 Å². The molecule has 44 heavy (non-hydrogen) atoms.